The first-order valence-corrected chi connectivity index (χ1v) is 16.0. The van der Waals surface area contributed by atoms with Gasteiger partial charge in [0.25, 0.3) is 5.91 Å². The first-order valence-electron chi connectivity index (χ1n) is 15.7. The molecule has 10 nitrogen and oxygen atoms in total. The van der Waals surface area contributed by atoms with E-state index in [-0.39, 0.29) is 23.8 Å². The normalized spacial score (nSPS) is 21.9. The van der Waals surface area contributed by atoms with E-state index in [1.54, 1.807) is 4.90 Å². The summed E-state index contributed by atoms with van der Waals surface area (Å²) >= 11 is 6.48. The summed E-state index contributed by atoms with van der Waals surface area (Å²) in [6.45, 7) is 16.9. The molecule has 3 atom stereocenters. The van der Waals surface area contributed by atoms with Crippen LogP contribution in [0.3, 0.4) is 0 Å². The number of aromatic nitrogens is 2. The SMILES string of the molecule is Cc1ccc(N(CCCN2CC3CN(C(=O)c4c(C)ncnc4C)CC3C2)C(=O)C2CCN(C(=O)OC(C)(C)C)C2)cc1Cl. The fourth-order valence-corrected chi connectivity index (χ4v) is 6.92. The number of hydrogen-bond acceptors (Lipinski definition) is 7. The summed E-state index contributed by atoms with van der Waals surface area (Å²) in [5.41, 5.74) is 3.24. The smallest absolute Gasteiger partial charge is 0.410 e. The van der Waals surface area contributed by atoms with Crippen LogP contribution in [0, 0.1) is 38.5 Å². The number of aryl methyl sites for hydroxylation is 3. The number of benzene rings is 1. The minimum atomic E-state index is -0.583. The number of rotatable bonds is 7. The average molecular weight is 625 g/mol. The third kappa shape index (κ3) is 7.18. The van der Waals surface area contributed by atoms with Gasteiger partial charge in [0, 0.05) is 56.5 Å². The molecule has 3 saturated heterocycles. The van der Waals surface area contributed by atoms with Crippen LogP contribution in [0.2, 0.25) is 5.02 Å². The zero-order chi connectivity index (χ0) is 31.8. The van der Waals surface area contributed by atoms with Gasteiger partial charge in [-0.3, -0.25) is 9.59 Å². The predicted molar refractivity (Wildman–Crippen MR) is 170 cm³/mol. The van der Waals surface area contributed by atoms with Gasteiger partial charge in [-0.1, -0.05) is 17.7 Å². The number of amides is 3. The van der Waals surface area contributed by atoms with E-state index in [1.807, 2.05) is 69.5 Å². The van der Waals surface area contributed by atoms with E-state index in [4.69, 9.17) is 16.3 Å². The van der Waals surface area contributed by atoms with Gasteiger partial charge in [0.05, 0.1) is 22.9 Å². The van der Waals surface area contributed by atoms with Crippen LogP contribution < -0.4 is 4.90 Å². The Labute approximate surface area is 265 Å². The Balaban J connectivity index is 1.17. The number of hydrogen-bond donors (Lipinski definition) is 0. The second-order valence-electron chi connectivity index (χ2n) is 13.6. The quantitative estimate of drug-likeness (QED) is 0.439. The lowest BCUT2D eigenvalue weighted by atomic mass is 10.0. The van der Waals surface area contributed by atoms with E-state index in [2.05, 4.69) is 14.9 Å². The Morgan fingerprint density at radius 3 is 2.25 bits per heavy atom. The first kappa shape index (κ1) is 32.2. The molecular weight excluding hydrogens is 580 g/mol. The maximum Gasteiger partial charge on any atom is 0.410 e. The highest BCUT2D eigenvalue weighted by molar-refractivity contribution is 6.31. The fraction of sp³-hybridized carbons (Fsp3) is 0.606. The Morgan fingerprint density at radius 2 is 1.64 bits per heavy atom. The van der Waals surface area contributed by atoms with Crippen LogP contribution in [0.4, 0.5) is 10.5 Å². The van der Waals surface area contributed by atoms with Gasteiger partial charge in [0.1, 0.15) is 11.9 Å². The van der Waals surface area contributed by atoms with Crippen LogP contribution in [0.25, 0.3) is 0 Å². The minimum Gasteiger partial charge on any atom is -0.444 e. The highest BCUT2D eigenvalue weighted by Crippen LogP contribution is 2.33. The van der Waals surface area contributed by atoms with Crippen molar-refractivity contribution < 1.29 is 19.1 Å². The van der Waals surface area contributed by atoms with Crippen molar-refractivity contribution in [1.29, 1.82) is 0 Å². The van der Waals surface area contributed by atoms with Crippen LogP contribution in [0.15, 0.2) is 24.5 Å². The van der Waals surface area contributed by atoms with Gasteiger partial charge in [-0.2, -0.15) is 0 Å². The van der Waals surface area contributed by atoms with Crippen LogP contribution >= 0.6 is 11.6 Å². The Bertz CT molecular complexity index is 1380. The highest BCUT2D eigenvalue weighted by Gasteiger charge is 2.42. The molecule has 44 heavy (non-hydrogen) atoms. The highest BCUT2D eigenvalue weighted by atomic mass is 35.5. The topological polar surface area (TPSA) is 99.2 Å². The molecule has 4 heterocycles. The molecule has 1 aromatic carbocycles. The molecule has 238 valence electrons. The van der Waals surface area contributed by atoms with Crippen LogP contribution in [-0.4, -0.2) is 101 Å². The Morgan fingerprint density at radius 1 is 0.977 bits per heavy atom. The number of nitrogens with zero attached hydrogens (tertiary/aromatic N) is 6. The molecule has 2 aromatic rings. The lowest BCUT2D eigenvalue weighted by Crippen LogP contribution is -2.41. The average Bonchev–Trinajstić information content (AvgIpc) is 3.67. The molecule has 3 aliphatic heterocycles. The second kappa shape index (κ2) is 13.0. The van der Waals surface area contributed by atoms with E-state index in [0.29, 0.717) is 48.5 Å². The third-order valence-electron chi connectivity index (χ3n) is 9.07. The maximum absolute atomic E-state index is 13.9. The standard InChI is InChI=1S/C33H45ClN6O4/c1-21-8-9-27(14-28(21)34)40(30(41)24-10-13-38(17-24)32(43)44-33(4,5)6)12-7-11-37-15-25-18-39(19-26(25)16-37)31(42)29-22(2)35-20-36-23(29)3/h8-9,14,20,24-26H,7,10-13,15-19H2,1-6H3. The van der Waals surface area contributed by atoms with Crippen molar-refractivity contribution in [3.63, 3.8) is 0 Å². The molecular formula is C33H45ClN6O4. The Hall–Kier alpha value is -3.24. The summed E-state index contributed by atoms with van der Waals surface area (Å²) in [5, 5.41) is 0.626. The molecule has 3 amide bonds. The monoisotopic (exact) mass is 624 g/mol. The molecule has 3 unspecified atom stereocenters. The number of halogens is 1. The van der Waals surface area contributed by atoms with Crippen molar-refractivity contribution in [3.8, 4) is 0 Å². The molecule has 0 bridgehead atoms. The van der Waals surface area contributed by atoms with E-state index >= 15 is 0 Å². The molecule has 0 spiro atoms. The van der Waals surface area contributed by atoms with Gasteiger partial charge < -0.3 is 24.3 Å². The van der Waals surface area contributed by atoms with E-state index in [0.717, 1.165) is 61.8 Å². The number of anilines is 1. The zero-order valence-corrected chi connectivity index (χ0v) is 27.6. The molecule has 5 rings (SSSR count). The largest absolute Gasteiger partial charge is 0.444 e. The molecule has 3 aliphatic rings. The van der Waals surface area contributed by atoms with Gasteiger partial charge >= 0.3 is 6.09 Å². The summed E-state index contributed by atoms with van der Waals surface area (Å²) in [6, 6.07) is 5.76. The lowest BCUT2D eigenvalue weighted by Gasteiger charge is -2.28. The van der Waals surface area contributed by atoms with Crippen molar-refractivity contribution in [3.05, 3.63) is 52.1 Å². The van der Waals surface area contributed by atoms with Crippen molar-refractivity contribution in [2.75, 3.05) is 57.3 Å². The fourth-order valence-electron chi connectivity index (χ4n) is 6.74. The molecule has 0 saturated carbocycles. The van der Waals surface area contributed by atoms with Crippen LogP contribution in [0.5, 0.6) is 0 Å². The van der Waals surface area contributed by atoms with Gasteiger partial charge in [0.2, 0.25) is 5.91 Å². The van der Waals surface area contributed by atoms with Gasteiger partial charge in [-0.05, 0) is 90.5 Å². The van der Waals surface area contributed by atoms with Crippen LogP contribution in [0.1, 0.15) is 60.9 Å². The number of fused-ring (bicyclic) bond motifs is 1. The van der Waals surface area contributed by atoms with Crippen molar-refractivity contribution >= 4 is 35.2 Å². The Kier molecular flexibility index (Phi) is 9.51. The molecule has 11 heteroatoms. The number of ether oxygens (including phenoxy) is 1. The molecule has 0 N–H and O–H groups in total. The third-order valence-corrected chi connectivity index (χ3v) is 9.47. The summed E-state index contributed by atoms with van der Waals surface area (Å²) < 4.78 is 5.54. The number of likely N-dealkylation sites (tertiary alicyclic amines) is 3. The van der Waals surface area contributed by atoms with Crippen molar-refractivity contribution in [1.82, 2.24) is 24.7 Å². The summed E-state index contributed by atoms with van der Waals surface area (Å²) in [4.78, 5) is 56.2. The zero-order valence-electron chi connectivity index (χ0n) is 26.8. The predicted octanol–water partition coefficient (Wildman–Crippen LogP) is 4.74. The first-order chi connectivity index (χ1) is 20.8. The lowest BCUT2D eigenvalue weighted by molar-refractivity contribution is -0.122. The van der Waals surface area contributed by atoms with E-state index < -0.39 is 5.60 Å². The van der Waals surface area contributed by atoms with E-state index in [9.17, 15) is 14.4 Å². The molecule has 1 aromatic heterocycles. The van der Waals surface area contributed by atoms with Gasteiger partial charge in [-0.15, -0.1) is 0 Å². The molecule has 3 fully saturated rings. The maximum atomic E-state index is 13.9. The number of carbonyl (C=O) groups is 3. The van der Waals surface area contributed by atoms with Gasteiger partial charge in [-0.25, -0.2) is 14.8 Å². The van der Waals surface area contributed by atoms with Crippen molar-refractivity contribution in [2.45, 2.75) is 60.0 Å². The van der Waals surface area contributed by atoms with Gasteiger partial charge in [0.15, 0.2) is 0 Å². The second-order valence-corrected chi connectivity index (χ2v) is 14.0. The van der Waals surface area contributed by atoms with E-state index in [1.165, 1.54) is 6.33 Å². The summed E-state index contributed by atoms with van der Waals surface area (Å²) in [6.07, 6.45) is 2.54. The molecule has 0 aliphatic carbocycles. The summed E-state index contributed by atoms with van der Waals surface area (Å²) in [7, 11) is 0. The minimum absolute atomic E-state index is 0.0129. The van der Waals surface area contributed by atoms with Crippen LogP contribution in [-0.2, 0) is 9.53 Å². The number of carbonyl (C=O) groups excluding carboxylic acids is 3. The molecule has 0 radical (unpaired) electrons. The van der Waals surface area contributed by atoms with Crippen molar-refractivity contribution in [2.24, 2.45) is 17.8 Å². The summed E-state index contributed by atoms with van der Waals surface area (Å²) in [5.74, 6) is 0.633.